The lowest BCUT2D eigenvalue weighted by molar-refractivity contribution is -0.146. The molecule has 0 aliphatic carbocycles. The zero-order valence-electron chi connectivity index (χ0n) is 8.57. The number of rotatable bonds is 4. The van der Waals surface area contributed by atoms with Crippen LogP contribution in [0, 0.1) is 0 Å². The smallest absolute Gasteiger partial charge is 0.251 e. The van der Waals surface area contributed by atoms with E-state index in [9.17, 15) is 4.79 Å². The SMILES string of the molecule is CO[C@@H](CCN)C(=O)N1CCOCC1. The highest BCUT2D eigenvalue weighted by molar-refractivity contribution is 5.81. The molecule has 1 aliphatic heterocycles. The topological polar surface area (TPSA) is 64.8 Å². The van der Waals surface area contributed by atoms with Crippen LogP contribution >= 0.6 is 0 Å². The van der Waals surface area contributed by atoms with Gasteiger partial charge in [0.2, 0.25) is 0 Å². The minimum atomic E-state index is -0.391. The highest BCUT2D eigenvalue weighted by atomic mass is 16.5. The van der Waals surface area contributed by atoms with Gasteiger partial charge in [-0.3, -0.25) is 4.79 Å². The van der Waals surface area contributed by atoms with Gasteiger partial charge in [-0.15, -0.1) is 0 Å². The van der Waals surface area contributed by atoms with Crippen molar-refractivity contribution in [2.75, 3.05) is 40.0 Å². The summed E-state index contributed by atoms with van der Waals surface area (Å²) in [6, 6.07) is 0. The summed E-state index contributed by atoms with van der Waals surface area (Å²) < 4.78 is 10.3. The second kappa shape index (κ2) is 5.95. The molecule has 0 bridgehead atoms. The van der Waals surface area contributed by atoms with Crippen molar-refractivity contribution < 1.29 is 14.3 Å². The molecule has 0 saturated carbocycles. The fourth-order valence-electron chi connectivity index (χ4n) is 1.48. The van der Waals surface area contributed by atoms with E-state index in [0.29, 0.717) is 39.3 Å². The van der Waals surface area contributed by atoms with E-state index in [4.69, 9.17) is 15.2 Å². The minimum absolute atomic E-state index is 0.0289. The van der Waals surface area contributed by atoms with E-state index < -0.39 is 6.10 Å². The number of nitrogens with two attached hydrogens (primary N) is 1. The summed E-state index contributed by atoms with van der Waals surface area (Å²) in [6.45, 7) is 3.01. The van der Waals surface area contributed by atoms with Gasteiger partial charge in [0, 0.05) is 20.2 Å². The zero-order valence-corrected chi connectivity index (χ0v) is 8.57. The number of morpholine rings is 1. The first-order valence-corrected chi connectivity index (χ1v) is 4.89. The van der Waals surface area contributed by atoms with Gasteiger partial charge in [0.05, 0.1) is 13.2 Å². The lowest BCUT2D eigenvalue weighted by Gasteiger charge is -2.29. The van der Waals surface area contributed by atoms with Gasteiger partial charge >= 0.3 is 0 Å². The predicted octanol–water partition coefficient (Wildman–Crippen LogP) is -0.791. The summed E-state index contributed by atoms with van der Waals surface area (Å²) in [5, 5.41) is 0. The van der Waals surface area contributed by atoms with Crippen LogP contribution in [0.25, 0.3) is 0 Å². The molecule has 1 saturated heterocycles. The Balaban J connectivity index is 2.43. The Bertz CT molecular complexity index is 174. The van der Waals surface area contributed by atoms with Crippen molar-refractivity contribution in [3.8, 4) is 0 Å². The van der Waals surface area contributed by atoms with Crippen LogP contribution in [0.4, 0.5) is 0 Å². The number of ether oxygens (including phenoxy) is 2. The number of nitrogens with zero attached hydrogens (tertiary/aromatic N) is 1. The number of methoxy groups -OCH3 is 1. The molecule has 0 aromatic heterocycles. The molecule has 1 amide bonds. The summed E-state index contributed by atoms with van der Waals surface area (Å²) in [6.07, 6.45) is 0.185. The number of hydrogen-bond donors (Lipinski definition) is 1. The zero-order chi connectivity index (χ0) is 10.4. The second-order valence-corrected chi connectivity index (χ2v) is 3.24. The summed E-state index contributed by atoms with van der Waals surface area (Å²) in [5.41, 5.74) is 5.40. The lowest BCUT2D eigenvalue weighted by Crippen LogP contribution is -2.46. The van der Waals surface area contributed by atoms with Crippen LogP contribution in [0.15, 0.2) is 0 Å². The highest BCUT2D eigenvalue weighted by Gasteiger charge is 2.24. The number of carbonyl (C=O) groups excluding carboxylic acids is 1. The molecule has 1 aliphatic rings. The Morgan fingerprint density at radius 3 is 2.71 bits per heavy atom. The predicted molar refractivity (Wildman–Crippen MR) is 51.9 cm³/mol. The molecular weight excluding hydrogens is 184 g/mol. The Labute approximate surface area is 84.1 Å². The van der Waals surface area contributed by atoms with Gasteiger partial charge in [-0.05, 0) is 13.0 Å². The van der Waals surface area contributed by atoms with Crippen LogP contribution < -0.4 is 5.73 Å². The van der Waals surface area contributed by atoms with Gasteiger partial charge in [-0.25, -0.2) is 0 Å². The van der Waals surface area contributed by atoms with Gasteiger partial charge in [0.1, 0.15) is 6.10 Å². The van der Waals surface area contributed by atoms with E-state index in [0.717, 1.165) is 0 Å². The van der Waals surface area contributed by atoms with E-state index in [1.54, 1.807) is 12.0 Å². The van der Waals surface area contributed by atoms with Crippen molar-refractivity contribution in [1.29, 1.82) is 0 Å². The molecule has 1 fully saturated rings. The Morgan fingerprint density at radius 2 is 2.21 bits per heavy atom. The van der Waals surface area contributed by atoms with Crippen molar-refractivity contribution in [3.05, 3.63) is 0 Å². The third-order valence-corrected chi connectivity index (χ3v) is 2.31. The molecule has 0 spiro atoms. The first-order valence-electron chi connectivity index (χ1n) is 4.89. The van der Waals surface area contributed by atoms with Gasteiger partial charge < -0.3 is 20.1 Å². The van der Waals surface area contributed by atoms with Crippen LogP contribution in [0.2, 0.25) is 0 Å². The van der Waals surface area contributed by atoms with Gasteiger partial charge in [0.25, 0.3) is 5.91 Å². The molecule has 1 atom stereocenters. The van der Waals surface area contributed by atoms with Crippen molar-refractivity contribution >= 4 is 5.91 Å². The molecule has 5 heteroatoms. The van der Waals surface area contributed by atoms with Gasteiger partial charge in [-0.1, -0.05) is 0 Å². The average molecular weight is 202 g/mol. The third kappa shape index (κ3) is 2.94. The van der Waals surface area contributed by atoms with Crippen molar-refractivity contribution in [2.24, 2.45) is 5.73 Å². The van der Waals surface area contributed by atoms with Crippen LogP contribution in [0.3, 0.4) is 0 Å². The molecule has 0 aromatic carbocycles. The fraction of sp³-hybridized carbons (Fsp3) is 0.889. The van der Waals surface area contributed by atoms with E-state index in [1.165, 1.54) is 0 Å². The maximum absolute atomic E-state index is 11.8. The Hall–Kier alpha value is -0.650. The largest absolute Gasteiger partial charge is 0.378 e. The maximum Gasteiger partial charge on any atom is 0.251 e. The maximum atomic E-state index is 11.8. The summed E-state index contributed by atoms with van der Waals surface area (Å²) in [4.78, 5) is 13.6. The summed E-state index contributed by atoms with van der Waals surface area (Å²) in [7, 11) is 1.54. The monoisotopic (exact) mass is 202 g/mol. The summed E-state index contributed by atoms with van der Waals surface area (Å²) >= 11 is 0. The number of hydrogen-bond acceptors (Lipinski definition) is 4. The normalized spacial score (nSPS) is 19.4. The summed E-state index contributed by atoms with van der Waals surface area (Å²) in [5.74, 6) is 0.0289. The van der Waals surface area contributed by atoms with E-state index in [1.807, 2.05) is 0 Å². The highest BCUT2D eigenvalue weighted by Crippen LogP contribution is 2.05. The second-order valence-electron chi connectivity index (χ2n) is 3.24. The van der Waals surface area contributed by atoms with Crippen molar-refractivity contribution in [2.45, 2.75) is 12.5 Å². The number of amides is 1. The Morgan fingerprint density at radius 1 is 1.57 bits per heavy atom. The first kappa shape index (κ1) is 11.4. The fourth-order valence-corrected chi connectivity index (χ4v) is 1.48. The molecule has 14 heavy (non-hydrogen) atoms. The molecule has 2 N–H and O–H groups in total. The van der Waals surface area contributed by atoms with Crippen molar-refractivity contribution in [3.63, 3.8) is 0 Å². The third-order valence-electron chi connectivity index (χ3n) is 2.31. The lowest BCUT2D eigenvalue weighted by atomic mass is 10.2. The molecule has 0 aromatic rings. The Kier molecular flexibility index (Phi) is 4.86. The van der Waals surface area contributed by atoms with Crippen LogP contribution in [-0.2, 0) is 14.3 Å². The first-order chi connectivity index (χ1) is 6.79. The molecule has 0 radical (unpaired) electrons. The number of carbonyl (C=O) groups is 1. The molecule has 5 nitrogen and oxygen atoms in total. The van der Waals surface area contributed by atoms with E-state index in [-0.39, 0.29) is 5.91 Å². The standard InChI is InChI=1S/C9H18N2O3/c1-13-8(2-3-10)9(12)11-4-6-14-7-5-11/h8H,2-7,10H2,1H3/t8-/m0/s1. The van der Waals surface area contributed by atoms with E-state index >= 15 is 0 Å². The molecule has 0 unspecified atom stereocenters. The van der Waals surface area contributed by atoms with Gasteiger partial charge in [0.15, 0.2) is 0 Å². The molecule has 1 rings (SSSR count). The minimum Gasteiger partial charge on any atom is -0.378 e. The molecule has 1 heterocycles. The molecular formula is C9H18N2O3. The van der Waals surface area contributed by atoms with Crippen LogP contribution in [-0.4, -0.2) is 56.9 Å². The van der Waals surface area contributed by atoms with Crippen LogP contribution in [0.5, 0.6) is 0 Å². The molecule has 82 valence electrons. The van der Waals surface area contributed by atoms with Crippen LogP contribution in [0.1, 0.15) is 6.42 Å². The quantitative estimate of drug-likeness (QED) is 0.649. The van der Waals surface area contributed by atoms with Gasteiger partial charge in [-0.2, -0.15) is 0 Å². The average Bonchev–Trinajstić information content (AvgIpc) is 2.26. The van der Waals surface area contributed by atoms with E-state index in [2.05, 4.69) is 0 Å². The van der Waals surface area contributed by atoms with Crippen molar-refractivity contribution in [1.82, 2.24) is 4.90 Å².